The van der Waals surface area contributed by atoms with Crippen LogP contribution in [0.1, 0.15) is 27.7 Å². The predicted octanol–water partition coefficient (Wildman–Crippen LogP) is 2.29. The molecule has 0 saturated heterocycles. The first-order valence-electron chi connectivity index (χ1n) is 5.34. The van der Waals surface area contributed by atoms with Gasteiger partial charge in [-0.05, 0) is 19.8 Å². The minimum atomic E-state index is -0.233. The fourth-order valence-corrected chi connectivity index (χ4v) is 1.93. The van der Waals surface area contributed by atoms with Crippen molar-refractivity contribution in [2.75, 3.05) is 20.2 Å². The molecule has 0 bridgehead atoms. The molecule has 0 aliphatic heterocycles. The SMILES string of the molecule is COC(=O)C(Br)CN(CC(C)C)C(C)C. The highest BCUT2D eigenvalue weighted by Crippen LogP contribution is 2.10. The van der Waals surface area contributed by atoms with E-state index in [4.69, 9.17) is 0 Å². The number of carbonyl (C=O) groups excluding carboxylic acids is 1. The zero-order chi connectivity index (χ0) is 12.0. The maximum Gasteiger partial charge on any atom is 0.320 e. The second kappa shape index (κ2) is 7.23. The van der Waals surface area contributed by atoms with Crippen LogP contribution in [0.4, 0.5) is 0 Å². The number of alkyl halides is 1. The summed E-state index contributed by atoms with van der Waals surface area (Å²) in [4.78, 5) is 13.3. The molecule has 0 radical (unpaired) electrons. The van der Waals surface area contributed by atoms with Crippen molar-refractivity contribution in [3.05, 3.63) is 0 Å². The van der Waals surface area contributed by atoms with Crippen molar-refractivity contribution in [1.82, 2.24) is 4.90 Å². The molecule has 0 spiro atoms. The topological polar surface area (TPSA) is 29.5 Å². The number of methoxy groups -OCH3 is 1. The van der Waals surface area contributed by atoms with Crippen LogP contribution in [0.25, 0.3) is 0 Å². The fourth-order valence-electron chi connectivity index (χ4n) is 1.37. The van der Waals surface area contributed by atoms with Crippen molar-refractivity contribution >= 4 is 21.9 Å². The van der Waals surface area contributed by atoms with Crippen LogP contribution in [0, 0.1) is 5.92 Å². The highest BCUT2D eigenvalue weighted by molar-refractivity contribution is 9.10. The average molecular weight is 280 g/mol. The van der Waals surface area contributed by atoms with E-state index in [9.17, 15) is 4.79 Å². The summed E-state index contributed by atoms with van der Waals surface area (Å²) in [6.07, 6.45) is 0. The van der Waals surface area contributed by atoms with Gasteiger partial charge >= 0.3 is 5.97 Å². The Labute approximate surface area is 101 Å². The van der Waals surface area contributed by atoms with Gasteiger partial charge in [-0.1, -0.05) is 29.8 Å². The Hall–Kier alpha value is -0.0900. The van der Waals surface area contributed by atoms with Crippen LogP contribution in [0.15, 0.2) is 0 Å². The Morgan fingerprint density at radius 3 is 2.13 bits per heavy atom. The van der Waals surface area contributed by atoms with Gasteiger partial charge in [0.05, 0.1) is 7.11 Å². The number of halogens is 1. The molecular weight excluding hydrogens is 258 g/mol. The lowest BCUT2D eigenvalue weighted by Gasteiger charge is -2.29. The Bertz CT molecular complexity index is 195. The van der Waals surface area contributed by atoms with Crippen LogP contribution in [0.2, 0.25) is 0 Å². The van der Waals surface area contributed by atoms with Gasteiger partial charge in [0.15, 0.2) is 0 Å². The molecule has 0 aromatic carbocycles. The fraction of sp³-hybridized carbons (Fsp3) is 0.909. The first kappa shape index (κ1) is 14.9. The number of hydrogen-bond acceptors (Lipinski definition) is 3. The zero-order valence-corrected chi connectivity index (χ0v) is 11.9. The minimum Gasteiger partial charge on any atom is -0.468 e. The monoisotopic (exact) mass is 279 g/mol. The molecule has 0 aliphatic carbocycles. The first-order valence-corrected chi connectivity index (χ1v) is 6.26. The lowest BCUT2D eigenvalue weighted by molar-refractivity contribution is -0.140. The van der Waals surface area contributed by atoms with Crippen molar-refractivity contribution in [3.63, 3.8) is 0 Å². The third kappa shape index (κ3) is 6.15. The first-order chi connectivity index (χ1) is 6.88. The van der Waals surface area contributed by atoms with Gasteiger partial charge < -0.3 is 4.74 Å². The van der Waals surface area contributed by atoms with E-state index in [1.165, 1.54) is 7.11 Å². The van der Waals surface area contributed by atoms with E-state index >= 15 is 0 Å². The molecule has 1 atom stereocenters. The Morgan fingerprint density at radius 1 is 1.27 bits per heavy atom. The van der Waals surface area contributed by atoms with Crippen LogP contribution in [0.5, 0.6) is 0 Å². The van der Waals surface area contributed by atoms with E-state index < -0.39 is 0 Å². The van der Waals surface area contributed by atoms with Gasteiger partial charge in [-0.3, -0.25) is 9.69 Å². The van der Waals surface area contributed by atoms with Gasteiger partial charge in [0.25, 0.3) is 0 Å². The van der Waals surface area contributed by atoms with E-state index in [1.54, 1.807) is 0 Å². The normalized spacial score (nSPS) is 13.7. The second-order valence-electron chi connectivity index (χ2n) is 4.43. The van der Waals surface area contributed by atoms with Crippen molar-refractivity contribution in [2.45, 2.75) is 38.6 Å². The summed E-state index contributed by atoms with van der Waals surface area (Å²) < 4.78 is 4.69. The zero-order valence-electron chi connectivity index (χ0n) is 10.3. The molecule has 3 nitrogen and oxygen atoms in total. The van der Waals surface area contributed by atoms with Crippen LogP contribution in [-0.4, -0.2) is 41.9 Å². The van der Waals surface area contributed by atoms with Crippen molar-refractivity contribution < 1.29 is 9.53 Å². The minimum absolute atomic E-state index is 0.204. The highest BCUT2D eigenvalue weighted by atomic mass is 79.9. The Morgan fingerprint density at radius 2 is 1.80 bits per heavy atom. The summed E-state index contributed by atoms with van der Waals surface area (Å²) in [5, 5.41) is 0. The largest absolute Gasteiger partial charge is 0.468 e. The summed E-state index contributed by atoms with van der Waals surface area (Å²) in [6.45, 7) is 10.3. The number of hydrogen-bond donors (Lipinski definition) is 0. The van der Waals surface area contributed by atoms with Gasteiger partial charge in [0.2, 0.25) is 0 Å². The molecule has 0 heterocycles. The molecular formula is C11H22BrNO2. The van der Waals surface area contributed by atoms with Crippen molar-refractivity contribution in [1.29, 1.82) is 0 Å². The number of rotatable bonds is 6. The summed E-state index contributed by atoms with van der Waals surface area (Å²) >= 11 is 3.35. The molecule has 0 aromatic heterocycles. The van der Waals surface area contributed by atoms with Gasteiger partial charge in [-0.25, -0.2) is 0 Å². The predicted molar refractivity (Wildman–Crippen MR) is 66.3 cm³/mol. The third-order valence-electron chi connectivity index (χ3n) is 2.18. The Kier molecular flexibility index (Phi) is 7.18. The molecule has 0 amide bonds. The molecule has 0 saturated carbocycles. The van der Waals surface area contributed by atoms with Crippen molar-refractivity contribution in [3.8, 4) is 0 Å². The van der Waals surface area contributed by atoms with Crippen LogP contribution in [0.3, 0.4) is 0 Å². The molecule has 0 fully saturated rings. The average Bonchev–Trinajstić information content (AvgIpc) is 2.14. The molecule has 90 valence electrons. The summed E-state index contributed by atoms with van der Waals surface area (Å²) in [6, 6.07) is 0.442. The van der Waals surface area contributed by atoms with E-state index in [1.807, 2.05) is 0 Å². The lowest BCUT2D eigenvalue weighted by atomic mass is 10.1. The lowest BCUT2D eigenvalue weighted by Crippen LogP contribution is -2.40. The van der Waals surface area contributed by atoms with Gasteiger partial charge in [-0.15, -0.1) is 0 Å². The number of ether oxygens (including phenoxy) is 1. The maximum atomic E-state index is 11.3. The van der Waals surface area contributed by atoms with E-state index in [2.05, 4.69) is 53.3 Å². The van der Waals surface area contributed by atoms with Gasteiger partial charge in [0.1, 0.15) is 4.83 Å². The number of carbonyl (C=O) groups is 1. The molecule has 4 heteroatoms. The number of esters is 1. The smallest absolute Gasteiger partial charge is 0.320 e. The molecule has 0 rings (SSSR count). The second-order valence-corrected chi connectivity index (χ2v) is 5.54. The maximum absolute atomic E-state index is 11.3. The Balaban J connectivity index is 4.22. The van der Waals surface area contributed by atoms with Gasteiger partial charge in [-0.2, -0.15) is 0 Å². The molecule has 1 unspecified atom stereocenters. The van der Waals surface area contributed by atoms with E-state index in [0.717, 1.165) is 6.54 Å². The van der Waals surface area contributed by atoms with Crippen LogP contribution < -0.4 is 0 Å². The van der Waals surface area contributed by atoms with E-state index in [0.29, 0.717) is 18.5 Å². The summed E-state index contributed by atoms with van der Waals surface area (Å²) in [5.74, 6) is 0.397. The third-order valence-corrected chi connectivity index (χ3v) is 2.85. The standard InChI is InChI=1S/C11H22BrNO2/c1-8(2)6-13(9(3)4)7-10(12)11(14)15-5/h8-10H,6-7H2,1-5H3. The van der Waals surface area contributed by atoms with Crippen molar-refractivity contribution in [2.24, 2.45) is 5.92 Å². The highest BCUT2D eigenvalue weighted by Gasteiger charge is 2.21. The molecule has 0 aliphatic rings. The van der Waals surface area contributed by atoms with Crippen LogP contribution >= 0.6 is 15.9 Å². The quantitative estimate of drug-likeness (QED) is 0.552. The van der Waals surface area contributed by atoms with Crippen LogP contribution in [-0.2, 0) is 9.53 Å². The summed E-state index contributed by atoms with van der Waals surface area (Å²) in [7, 11) is 1.42. The molecule has 0 aromatic rings. The van der Waals surface area contributed by atoms with E-state index in [-0.39, 0.29) is 10.8 Å². The number of nitrogens with zero attached hydrogens (tertiary/aromatic N) is 1. The summed E-state index contributed by atoms with van der Waals surface area (Å²) in [5.41, 5.74) is 0. The van der Waals surface area contributed by atoms with Gasteiger partial charge in [0, 0.05) is 19.1 Å². The molecule has 0 N–H and O–H groups in total. The molecule has 15 heavy (non-hydrogen) atoms.